The number of anilines is 1. The second-order valence-electron chi connectivity index (χ2n) is 4.53. The first kappa shape index (κ1) is 16.0. The van der Waals surface area contributed by atoms with Crippen LogP contribution in [0.2, 0.25) is 5.02 Å². The molecule has 0 spiro atoms. The molecule has 0 heterocycles. The average Bonchev–Trinajstić information content (AvgIpc) is 2.38. The number of aryl methyl sites for hydroxylation is 1. The summed E-state index contributed by atoms with van der Waals surface area (Å²) in [5, 5.41) is 3.79. The van der Waals surface area contributed by atoms with Crippen LogP contribution in [0, 0.1) is 6.92 Å². The van der Waals surface area contributed by atoms with Gasteiger partial charge in [-0.1, -0.05) is 29.8 Å². The number of hydrogen-bond acceptors (Lipinski definition) is 2. The van der Waals surface area contributed by atoms with Gasteiger partial charge >= 0.3 is 5.51 Å². The summed E-state index contributed by atoms with van der Waals surface area (Å²) in [6.07, 6.45) is 0. The van der Waals surface area contributed by atoms with E-state index in [1.165, 1.54) is 12.1 Å². The molecule has 0 aliphatic carbocycles. The van der Waals surface area contributed by atoms with Gasteiger partial charge in [-0.05, 0) is 54.1 Å². The maximum Gasteiger partial charge on any atom is 0.446 e. The minimum absolute atomic E-state index is 0.114. The monoisotopic (exact) mass is 331 g/mol. The number of benzene rings is 2. The fraction of sp³-hybridized carbons (Fsp3) is 0.200. The SMILES string of the molecule is Cc1ccc(NCc2ccc(SC(F)(F)F)cc2)c(Cl)c1. The fourth-order valence-electron chi connectivity index (χ4n) is 1.77. The lowest BCUT2D eigenvalue weighted by Gasteiger charge is -2.10. The molecule has 1 nitrogen and oxygen atoms in total. The standard InChI is InChI=1S/C15H13ClF3NS/c1-10-2-7-14(13(16)8-10)20-9-11-3-5-12(6-4-11)21-15(17,18)19/h2-8,20H,9H2,1H3. The van der Waals surface area contributed by atoms with Gasteiger partial charge in [0.2, 0.25) is 0 Å². The Morgan fingerprint density at radius 2 is 1.76 bits per heavy atom. The van der Waals surface area contributed by atoms with Gasteiger partial charge in [-0.2, -0.15) is 13.2 Å². The summed E-state index contributed by atoms with van der Waals surface area (Å²) < 4.78 is 36.7. The van der Waals surface area contributed by atoms with Crippen LogP contribution in [0.25, 0.3) is 0 Å². The molecule has 0 radical (unpaired) electrons. The first-order chi connectivity index (χ1) is 9.83. The van der Waals surface area contributed by atoms with E-state index in [0.29, 0.717) is 11.6 Å². The number of thioether (sulfide) groups is 1. The van der Waals surface area contributed by atoms with E-state index in [0.717, 1.165) is 16.8 Å². The van der Waals surface area contributed by atoms with E-state index in [9.17, 15) is 13.2 Å². The molecule has 0 bridgehead atoms. The van der Waals surface area contributed by atoms with Crippen LogP contribution in [-0.4, -0.2) is 5.51 Å². The van der Waals surface area contributed by atoms with Crippen LogP contribution >= 0.6 is 23.4 Å². The van der Waals surface area contributed by atoms with Gasteiger partial charge in [0.1, 0.15) is 0 Å². The summed E-state index contributed by atoms with van der Waals surface area (Å²) in [7, 11) is 0. The Morgan fingerprint density at radius 3 is 2.33 bits per heavy atom. The number of nitrogens with one attached hydrogen (secondary N) is 1. The lowest BCUT2D eigenvalue weighted by Crippen LogP contribution is -2.01. The topological polar surface area (TPSA) is 12.0 Å². The predicted octanol–water partition coefficient (Wildman–Crippen LogP) is 5.87. The molecule has 2 rings (SSSR count). The van der Waals surface area contributed by atoms with Gasteiger partial charge in [-0.25, -0.2) is 0 Å². The second-order valence-corrected chi connectivity index (χ2v) is 6.07. The molecule has 112 valence electrons. The third-order valence-corrected chi connectivity index (χ3v) is 3.82. The Hall–Kier alpha value is -1.33. The Morgan fingerprint density at radius 1 is 1.10 bits per heavy atom. The normalized spacial score (nSPS) is 11.5. The summed E-state index contributed by atoms with van der Waals surface area (Å²) in [6, 6.07) is 11.9. The zero-order valence-electron chi connectivity index (χ0n) is 11.2. The summed E-state index contributed by atoms with van der Waals surface area (Å²) >= 11 is 5.99. The summed E-state index contributed by atoms with van der Waals surface area (Å²) in [6.45, 7) is 2.45. The molecule has 6 heteroatoms. The van der Waals surface area contributed by atoms with Crippen LogP contribution in [0.15, 0.2) is 47.4 Å². The molecule has 2 aromatic carbocycles. The van der Waals surface area contributed by atoms with Gasteiger partial charge in [-0.3, -0.25) is 0 Å². The molecule has 0 saturated heterocycles. The smallest absolute Gasteiger partial charge is 0.380 e. The molecule has 0 amide bonds. The van der Waals surface area contributed by atoms with Gasteiger partial charge in [-0.15, -0.1) is 0 Å². The van der Waals surface area contributed by atoms with E-state index in [1.54, 1.807) is 12.1 Å². The van der Waals surface area contributed by atoms with Crippen molar-refractivity contribution in [1.82, 2.24) is 0 Å². The zero-order chi connectivity index (χ0) is 15.5. The van der Waals surface area contributed by atoms with Crippen LogP contribution in [0.1, 0.15) is 11.1 Å². The van der Waals surface area contributed by atoms with Gasteiger partial charge in [0.15, 0.2) is 0 Å². The Kier molecular flexibility index (Phi) is 5.06. The molecule has 0 fully saturated rings. The zero-order valence-corrected chi connectivity index (χ0v) is 12.7. The van der Waals surface area contributed by atoms with Crippen molar-refractivity contribution in [3.63, 3.8) is 0 Å². The van der Waals surface area contributed by atoms with E-state index in [2.05, 4.69) is 5.32 Å². The van der Waals surface area contributed by atoms with Gasteiger partial charge < -0.3 is 5.32 Å². The van der Waals surface area contributed by atoms with Crippen molar-refractivity contribution in [3.8, 4) is 0 Å². The van der Waals surface area contributed by atoms with Crippen molar-refractivity contribution in [1.29, 1.82) is 0 Å². The first-order valence-electron chi connectivity index (χ1n) is 6.18. The molecule has 1 N–H and O–H groups in total. The molecular formula is C15H13ClF3NS. The van der Waals surface area contributed by atoms with E-state index < -0.39 is 5.51 Å². The highest BCUT2D eigenvalue weighted by atomic mass is 35.5. The lowest BCUT2D eigenvalue weighted by atomic mass is 10.2. The summed E-state index contributed by atoms with van der Waals surface area (Å²) in [5.74, 6) is 0. The van der Waals surface area contributed by atoms with Gasteiger partial charge in [0, 0.05) is 11.4 Å². The number of alkyl halides is 3. The van der Waals surface area contributed by atoms with Crippen molar-refractivity contribution in [2.24, 2.45) is 0 Å². The third-order valence-electron chi connectivity index (χ3n) is 2.76. The second kappa shape index (κ2) is 6.62. The van der Waals surface area contributed by atoms with Crippen LogP contribution in [0.3, 0.4) is 0 Å². The van der Waals surface area contributed by atoms with E-state index >= 15 is 0 Å². The van der Waals surface area contributed by atoms with Crippen LogP contribution in [0.4, 0.5) is 18.9 Å². The van der Waals surface area contributed by atoms with Gasteiger partial charge in [0.05, 0.1) is 10.7 Å². The maximum absolute atomic E-state index is 12.2. The summed E-state index contributed by atoms with van der Waals surface area (Å²) in [5.41, 5.74) is -1.50. The molecule has 21 heavy (non-hydrogen) atoms. The van der Waals surface area contributed by atoms with E-state index in [-0.39, 0.29) is 16.7 Å². The predicted molar refractivity (Wildman–Crippen MR) is 81.9 cm³/mol. The van der Waals surface area contributed by atoms with Crippen molar-refractivity contribution >= 4 is 29.1 Å². The Balaban J connectivity index is 1.97. The quantitative estimate of drug-likeness (QED) is 0.703. The highest BCUT2D eigenvalue weighted by Gasteiger charge is 2.28. The fourth-order valence-corrected chi connectivity index (χ4v) is 2.61. The van der Waals surface area contributed by atoms with Crippen molar-refractivity contribution in [3.05, 3.63) is 58.6 Å². The van der Waals surface area contributed by atoms with Crippen LogP contribution in [0.5, 0.6) is 0 Å². The Bertz CT molecular complexity index is 611. The highest BCUT2D eigenvalue weighted by molar-refractivity contribution is 8.00. The molecule has 0 unspecified atom stereocenters. The Labute approximate surface area is 130 Å². The third kappa shape index (κ3) is 5.17. The molecule has 0 atom stereocenters. The van der Waals surface area contributed by atoms with Crippen LogP contribution < -0.4 is 5.32 Å². The molecule has 0 aromatic heterocycles. The summed E-state index contributed by atoms with van der Waals surface area (Å²) in [4.78, 5) is 0.180. The van der Waals surface area contributed by atoms with Crippen LogP contribution in [-0.2, 0) is 6.54 Å². The first-order valence-corrected chi connectivity index (χ1v) is 7.38. The minimum atomic E-state index is -4.25. The largest absolute Gasteiger partial charge is 0.446 e. The van der Waals surface area contributed by atoms with Crippen molar-refractivity contribution < 1.29 is 13.2 Å². The number of hydrogen-bond donors (Lipinski definition) is 1. The number of rotatable bonds is 4. The highest BCUT2D eigenvalue weighted by Crippen LogP contribution is 2.36. The molecular weight excluding hydrogens is 319 g/mol. The van der Waals surface area contributed by atoms with E-state index in [4.69, 9.17) is 11.6 Å². The number of halogens is 4. The molecule has 0 aliphatic heterocycles. The van der Waals surface area contributed by atoms with E-state index in [1.807, 2.05) is 25.1 Å². The maximum atomic E-state index is 12.2. The molecule has 0 saturated carbocycles. The van der Waals surface area contributed by atoms with Crippen molar-refractivity contribution in [2.75, 3.05) is 5.32 Å². The van der Waals surface area contributed by atoms with Gasteiger partial charge in [0.25, 0.3) is 0 Å². The average molecular weight is 332 g/mol. The lowest BCUT2D eigenvalue weighted by molar-refractivity contribution is -0.0328. The van der Waals surface area contributed by atoms with Crippen molar-refractivity contribution in [2.45, 2.75) is 23.9 Å². The minimum Gasteiger partial charge on any atom is -0.380 e. The molecule has 2 aromatic rings. The molecule has 0 aliphatic rings.